The van der Waals surface area contributed by atoms with Gasteiger partial charge in [0.1, 0.15) is 0 Å². The highest BCUT2D eigenvalue weighted by Gasteiger charge is 2.00. The molecule has 0 saturated heterocycles. The second-order valence-electron chi connectivity index (χ2n) is 2.65. The first-order valence-electron chi connectivity index (χ1n) is 3.60. The summed E-state index contributed by atoms with van der Waals surface area (Å²) < 4.78 is 1.29. The van der Waals surface area contributed by atoms with E-state index in [2.05, 4.69) is 30.1 Å². The zero-order valence-electron chi connectivity index (χ0n) is 7.70. The van der Waals surface area contributed by atoms with Crippen LogP contribution in [0.3, 0.4) is 0 Å². The van der Waals surface area contributed by atoms with E-state index >= 15 is 0 Å². The van der Waals surface area contributed by atoms with Crippen LogP contribution < -0.4 is 6.15 Å². The molecular formula is C9H13ClN2S. The van der Waals surface area contributed by atoms with E-state index in [4.69, 9.17) is 0 Å². The molecule has 2 aromatic rings. The Morgan fingerprint density at radius 1 is 1.23 bits per heavy atom. The van der Waals surface area contributed by atoms with E-state index in [1.807, 2.05) is 6.92 Å². The molecule has 72 valence electrons. The Hall–Kier alpha value is -0.640. The molecule has 3 N–H and O–H groups in total. The molecule has 1 aromatic heterocycles. The molecule has 0 saturated carbocycles. The third-order valence-electron chi connectivity index (χ3n) is 1.73. The molecule has 0 atom stereocenters. The second-order valence-corrected chi connectivity index (χ2v) is 3.89. The van der Waals surface area contributed by atoms with E-state index in [-0.39, 0.29) is 18.6 Å². The van der Waals surface area contributed by atoms with E-state index in [1.54, 1.807) is 11.3 Å². The highest BCUT2D eigenvalue weighted by atomic mass is 35.5. The van der Waals surface area contributed by atoms with Gasteiger partial charge in [0.2, 0.25) is 0 Å². The van der Waals surface area contributed by atoms with Crippen molar-refractivity contribution in [1.29, 1.82) is 0 Å². The van der Waals surface area contributed by atoms with Crippen LogP contribution in [0.4, 0.5) is 0 Å². The molecule has 0 spiro atoms. The summed E-state index contributed by atoms with van der Waals surface area (Å²) in [4.78, 5) is 4.43. The molecular weight excluding hydrogens is 204 g/mol. The summed E-state index contributed by atoms with van der Waals surface area (Å²) in [6.07, 6.45) is 0. The lowest BCUT2D eigenvalue weighted by Gasteiger charge is -1.90. The Morgan fingerprint density at radius 3 is 2.54 bits per heavy atom. The van der Waals surface area contributed by atoms with Gasteiger partial charge in [-0.1, -0.05) is 12.1 Å². The summed E-state index contributed by atoms with van der Waals surface area (Å²) in [5.41, 5.74) is 2.43. The minimum Gasteiger partial charge on any atom is -0.344 e. The summed E-state index contributed by atoms with van der Waals surface area (Å²) in [5.74, 6) is 0. The van der Waals surface area contributed by atoms with E-state index in [0.717, 1.165) is 10.5 Å². The number of aryl methyl sites for hydroxylation is 2. The van der Waals surface area contributed by atoms with Crippen LogP contribution in [0.1, 0.15) is 10.6 Å². The third-order valence-corrected chi connectivity index (χ3v) is 2.66. The van der Waals surface area contributed by atoms with Crippen molar-refractivity contribution in [2.45, 2.75) is 13.8 Å². The van der Waals surface area contributed by atoms with Gasteiger partial charge in [0.25, 0.3) is 0 Å². The molecule has 2 nitrogen and oxygen atoms in total. The predicted molar refractivity (Wildman–Crippen MR) is 61.4 cm³/mol. The lowest BCUT2D eigenvalue weighted by atomic mass is 10.2. The van der Waals surface area contributed by atoms with Crippen molar-refractivity contribution in [1.82, 2.24) is 11.1 Å². The lowest BCUT2D eigenvalue weighted by Crippen LogP contribution is -1.74. The molecule has 1 heterocycles. The van der Waals surface area contributed by atoms with Crippen molar-refractivity contribution < 1.29 is 0 Å². The number of fused-ring (bicyclic) bond motifs is 1. The van der Waals surface area contributed by atoms with E-state index < -0.39 is 0 Å². The molecule has 4 heteroatoms. The van der Waals surface area contributed by atoms with Gasteiger partial charge in [0, 0.05) is 0 Å². The maximum absolute atomic E-state index is 4.43. The number of halogens is 1. The van der Waals surface area contributed by atoms with Crippen LogP contribution in [0.2, 0.25) is 0 Å². The molecule has 0 fully saturated rings. The monoisotopic (exact) mass is 216 g/mol. The van der Waals surface area contributed by atoms with Crippen LogP contribution in [0.15, 0.2) is 18.2 Å². The molecule has 0 unspecified atom stereocenters. The first-order valence-corrected chi connectivity index (χ1v) is 4.42. The normalized spacial score (nSPS) is 9.08. The van der Waals surface area contributed by atoms with Gasteiger partial charge >= 0.3 is 0 Å². The quantitative estimate of drug-likeness (QED) is 0.733. The van der Waals surface area contributed by atoms with Gasteiger partial charge in [-0.25, -0.2) is 4.98 Å². The molecule has 0 radical (unpaired) electrons. The standard InChI is InChI=1S/C9H9NS.ClH.H3N/c1-6-4-3-5-8-9(6)10-7(2)11-8;;/h3-5H,1-2H3;1H;1H3. The second kappa shape index (κ2) is 4.56. The third kappa shape index (κ3) is 2.18. The maximum Gasteiger partial charge on any atom is 0.0907 e. The van der Waals surface area contributed by atoms with Gasteiger partial charge in [-0.05, 0) is 25.5 Å². The number of nitrogens with zero attached hydrogens (tertiary/aromatic N) is 1. The highest BCUT2D eigenvalue weighted by molar-refractivity contribution is 7.18. The SMILES string of the molecule is Cc1nc2c(C)cccc2s1.Cl.N. The fraction of sp³-hybridized carbons (Fsp3) is 0.222. The topological polar surface area (TPSA) is 47.9 Å². The Labute approximate surface area is 88.0 Å². The number of benzene rings is 1. The maximum atomic E-state index is 4.43. The van der Waals surface area contributed by atoms with Gasteiger partial charge in [0.05, 0.1) is 15.2 Å². The predicted octanol–water partition coefficient (Wildman–Crippen LogP) is 3.50. The smallest absolute Gasteiger partial charge is 0.0907 e. The van der Waals surface area contributed by atoms with Crippen LogP contribution in [-0.2, 0) is 0 Å². The zero-order chi connectivity index (χ0) is 7.84. The summed E-state index contributed by atoms with van der Waals surface area (Å²) in [7, 11) is 0. The van der Waals surface area contributed by atoms with Gasteiger partial charge in [-0.3, -0.25) is 0 Å². The van der Waals surface area contributed by atoms with Crippen LogP contribution >= 0.6 is 23.7 Å². The number of hydrogen-bond acceptors (Lipinski definition) is 3. The Bertz CT molecular complexity index is 397. The highest BCUT2D eigenvalue weighted by Crippen LogP contribution is 2.23. The molecule has 1 aromatic carbocycles. The molecule has 2 rings (SSSR count). The summed E-state index contributed by atoms with van der Waals surface area (Å²) >= 11 is 1.76. The lowest BCUT2D eigenvalue weighted by molar-refractivity contribution is 1.32. The van der Waals surface area contributed by atoms with Gasteiger partial charge in [-0.2, -0.15) is 0 Å². The van der Waals surface area contributed by atoms with Crippen molar-refractivity contribution in [2.75, 3.05) is 0 Å². The fourth-order valence-corrected chi connectivity index (χ4v) is 2.10. The van der Waals surface area contributed by atoms with Crippen LogP contribution in [0, 0.1) is 13.8 Å². The number of aromatic nitrogens is 1. The Morgan fingerprint density at radius 2 is 1.92 bits per heavy atom. The van der Waals surface area contributed by atoms with E-state index in [1.165, 1.54) is 10.3 Å². The first-order chi connectivity index (χ1) is 5.27. The van der Waals surface area contributed by atoms with Crippen molar-refractivity contribution in [3.05, 3.63) is 28.8 Å². The van der Waals surface area contributed by atoms with E-state index in [9.17, 15) is 0 Å². The fourth-order valence-electron chi connectivity index (χ4n) is 1.20. The van der Waals surface area contributed by atoms with Gasteiger partial charge in [-0.15, -0.1) is 23.7 Å². The summed E-state index contributed by atoms with van der Waals surface area (Å²) in [6.45, 7) is 4.14. The number of rotatable bonds is 0. The molecule has 0 aliphatic rings. The Balaban J connectivity index is 0.000000720. The average molecular weight is 217 g/mol. The van der Waals surface area contributed by atoms with E-state index in [0.29, 0.717) is 0 Å². The van der Waals surface area contributed by atoms with Crippen molar-refractivity contribution in [3.8, 4) is 0 Å². The van der Waals surface area contributed by atoms with Crippen molar-refractivity contribution in [3.63, 3.8) is 0 Å². The van der Waals surface area contributed by atoms with Crippen LogP contribution in [0.25, 0.3) is 10.2 Å². The minimum atomic E-state index is 0. The van der Waals surface area contributed by atoms with Gasteiger partial charge in [0.15, 0.2) is 0 Å². The molecule has 0 bridgehead atoms. The Kier molecular flexibility index (Phi) is 4.33. The first kappa shape index (κ1) is 12.4. The molecule has 0 aliphatic heterocycles. The average Bonchev–Trinajstić information content (AvgIpc) is 2.31. The van der Waals surface area contributed by atoms with Crippen LogP contribution in [0.5, 0.6) is 0 Å². The summed E-state index contributed by atoms with van der Waals surface area (Å²) in [5, 5.41) is 1.15. The van der Waals surface area contributed by atoms with Crippen molar-refractivity contribution in [2.24, 2.45) is 0 Å². The number of hydrogen-bond donors (Lipinski definition) is 1. The largest absolute Gasteiger partial charge is 0.344 e. The van der Waals surface area contributed by atoms with Crippen molar-refractivity contribution >= 4 is 34.0 Å². The number of thiazole rings is 1. The molecule has 13 heavy (non-hydrogen) atoms. The van der Waals surface area contributed by atoms with Gasteiger partial charge < -0.3 is 6.15 Å². The van der Waals surface area contributed by atoms with Crippen LogP contribution in [-0.4, -0.2) is 4.98 Å². The minimum absolute atomic E-state index is 0. The molecule has 0 amide bonds. The molecule has 0 aliphatic carbocycles. The zero-order valence-corrected chi connectivity index (χ0v) is 9.34. The number of para-hydroxylation sites is 1. The summed E-state index contributed by atoms with van der Waals surface area (Å²) in [6, 6.07) is 6.30.